The van der Waals surface area contributed by atoms with Crippen molar-refractivity contribution in [2.75, 3.05) is 38.0 Å². The molecule has 2 amide bonds. The number of aryl methyl sites for hydroxylation is 1. The molecule has 0 bridgehead atoms. The summed E-state index contributed by atoms with van der Waals surface area (Å²) in [4.78, 5) is 29.3. The molecule has 4 heterocycles. The van der Waals surface area contributed by atoms with E-state index in [1.807, 2.05) is 23.1 Å². The number of aromatic nitrogens is 3. The van der Waals surface area contributed by atoms with Crippen molar-refractivity contribution in [3.63, 3.8) is 0 Å². The molecule has 1 fully saturated rings. The Balaban J connectivity index is 1.25. The summed E-state index contributed by atoms with van der Waals surface area (Å²) in [5.74, 6) is 1.27. The van der Waals surface area contributed by atoms with Crippen molar-refractivity contribution in [3.05, 3.63) is 71.3 Å². The molecule has 0 atom stereocenters. The molecule has 1 saturated heterocycles. The maximum atomic E-state index is 13.3. The maximum Gasteiger partial charge on any atom is 0.274 e. The fourth-order valence-electron chi connectivity index (χ4n) is 3.95. The minimum absolute atomic E-state index is 0.173. The van der Waals surface area contributed by atoms with Gasteiger partial charge in [-0.1, -0.05) is 16.8 Å². The van der Waals surface area contributed by atoms with Crippen LogP contribution in [0, 0.1) is 6.92 Å². The molecular formula is C24H23ClN6O4. The van der Waals surface area contributed by atoms with E-state index in [1.54, 1.807) is 53.1 Å². The lowest BCUT2D eigenvalue weighted by atomic mass is 10.2. The molecule has 0 aliphatic carbocycles. The number of furan rings is 1. The van der Waals surface area contributed by atoms with E-state index < -0.39 is 0 Å². The van der Waals surface area contributed by atoms with Crippen molar-refractivity contribution in [2.24, 2.45) is 0 Å². The van der Waals surface area contributed by atoms with Crippen molar-refractivity contribution in [1.29, 1.82) is 0 Å². The first kappa shape index (κ1) is 22.9. The fraction of sp³-hybridized carbons (Fsp3) is 0.250. The molecule has 0 saturated carbocycles. The highest BCUT2D eigenvalue weighted by molar-refractivity contribution is 6.30. The Morgan fingerprint density at radius 1 is 1.09 bits per heavy atom. The van der Waals surface area contributed by atoms with Gasteiger partial charge in [-0.25, -0.2) is 4.68 Å². The first-order valence-corrected chi connectivity index (χ1v) is 11.5. The highest BCUT2D eigenvalue weighted by Gasteiger charge is 2.27. The predicted molar refractivity (Wildman–Crippen MR) is 128 cm³/mol. The van der Waals surface area contributed by atoms with Crippen molar-refractivity contribution in [1.82, 2.24) is 24.7 Å². The summed E-state index contributed by atoms with van der Waals surface area (Å²) in [5, 5.41) is 11.7. The van der Waals surface area contributed by atoms with E-state index in [9.17, 15) is 9.59 Å². The summed E-state index contributed by atoms with van der Waals surface area (Å²) in [6.07, 6.45) is 1.58. The molecule has 0 spiro atoms. The third kappa shape index (κ3) is 5.13. The van der Waals surface area contributed by atoms with Gasteiger partial charge in [-0.3, -0.25) is 14.5 Å². The number of halogens is 1. The molecule has 0 unspecified atom stereocenters. The first-order chi connectivity index (χ1) is 17.0. The van der Waals surface area contributed by atoms with Crippen molar-refractivity contribution >= 4 is 29.2 Å². The first-order valence-electron chi connectivity index (χ1n) is 11.1. The Labute approximate surface area is 206 Å². The molecule has 3 aromatic heterocycles. The third-order valence-electron chi connectivity index (χ3n) is 5.70. The largest absolute Gasteiger partial charge is 0.463 e. The smallest absolute Gasteiger partial charge is 0.274 e. The molecule has 4 aromatic rings. The molecule has 1 N–H and O–H groups in total. The lowest BCUT2D eigenvalue weighted by Crippen LogP contribution is -2.50. The normalized spacial score (nSPS) is 14.3. The molecule has 1 aromatic carbocycles. The van der Waals surface area contributed by atoms with Crippen molar-refractivity contribution in [2.45, 2.75) is 6.92 Å². The number of hydrogen-bond acceptors (Lipinski definition) is 7. The van der Waals surface area contributed by atoms with Crippen LogP contribution in [0.4, 0.5) is 5.82 Å². The van der Waals surface area contributed by atoms with Gasteiger partial charge in [0, 0.05) is 43.3 Å². The van der Waals surface area contributed by atoms with E-state index in [0.29, 0.717) is 59.9 Å². The Morgan fingerprint density at radius 2 is 1.86 bits per heavy atom. The number of nitrogens with zero attached hydrogens (tertiary/aromatic N) is 5. The SMILES string of the molecule is Cc1cc(NC(=O)CN2CCN(C(=O)c3cc(-c4ccco4)n(-c4ccc(Cl)cc4)n3)CC2)no1. The van der Waals surface area contributed by atoms with E-state index in [0.717, 1.165) is 5.69 Å². The van der Waals surface area contributed by atoms with Crippen molar-refractivity contribution < 1.29 is 18.5 Å². The number of anilines is 1. The van der Waals surface area contributed by atoms with E-state index in [-0.39, 0.29) is 18.4 Å². The molecule has 1 aliphatic heterocycles. The monoisotopic (exact) mass is 494 g/mol. The Hall–Kier alpha value is -3.89. The molecule has 10 nitrogen and oxygen atoms in total. The number of nitrogens with one attached hydrogen (secondary N) is 1. The van der Waals surface area contributed by atoms with Gasteiger partial charge < -0.3 is 19.2 Å². The highest BCUT2D eigenvalue weighted by atomic mass is 35.5. The molecule has 35 heavy (non-hydrogen) atoms. The molecule has 0 radical (unpaired) electrons. The number of carbonyl (C=O) groups excluding carboxylic acids is 2. The van der Waals surface area contributed by atoms with Gasteiger partial charge in [0.1, 0.15) is 11.5 Å². The quantitative estimate of drug-likeness (QED) is 0.437. The number of piperazine rings is 1. The molecular weight excluding hydrogens is 472 g/mol. The van der Waals surface area contributed by atoms with Crippen LogP contribution in [0.15, 0.2) is 63.7 Å². The van der Waals surface area contributed by atoms with Crippen LogP contribution in [0.2, 0.25) is 5.02 Å². The van der Waals surface area contributed by atoms with Crippen LogP contribution in [-0.4, -0.2) is 69.3 Å². The van der Waals surface area contributed by atoms with Crippen LogP contribution in [-0.2, 0) is 4.79 Å². The number of hydrogen-bond donors (Lipinski definition) is 1. The minimum atomic E-state index is -0.178. The van der Waals surface area contributed by atoms with Gasteiger partial charge in [0.2, 0.25) is 5.91 Å². The molecule has 1 aliphatic rings. The topological polar surface area (TPSA) is 110 Å². The average Bonchev–Trinajstić information content (AvgIpc) is 3.61. The number of rotatable bonds is 6. The van der Waals surface area contributed by atoms with Crippen LogP contribution in [0.25, 0.3) is 17.1 Å². The van der Waals surface area contributed by atoms with Gasteiger partial charge in [-0.15, -0.1) is 0 Å². The highest BCUT2D eigenvalue weighted by Crippen LogP contribution is 2.26. The van der Waals surface area contributed by atoms with Gasteiger partial charge >= 0.3 is 0 Å². The van der Waals surface area contributed by atoms with Gasteiger partial charge in [-0.2, -0.15) is 5.10 Å². The summed E-state index contributed by atoms with van der Waals surface area (Å²) >= 11 is 6.04. The number of carbonyl (C=O) groups is 2. The summed E-state index contributed by atoms with van der Waals surface area (Å²) in [5.41, 5.74) is 1.75. The standard InChI is InChI=1S/C24H23ClN6O4/c1-16-13-22(28-35-16)26-23(32)15-29-8-10-30(11-9-29)24(33)19-14-20(21-3-2-12-34-21)31(27-19)18-6-4-17(25)5-7-18/h2-7,12-14H,8-11,15H2,1H3,(H,26,28,32). The van der Waals surface area contributed by atoms with Crippen LogP contribution >= 0.6 is 11.6 Å². The van der Waals surface area contributed by atoms with Crippen LogP contribution in [0.1, 0.15) is 16.2 Å². The van der Waals surface area contributed by atoms with E-state index in [2.05, 4.69) is 15.6 Å². The van der Waals surface area contributed by atoms with Crippen molar-refractivity contribution in [3.8, 4) is 17.1 Å². The van der Waals surface area contributed by atoms with E-state index in [4.69, 9.17) is 20.5 Å². The fourth-order valence-corrected chi connectivity index (χ4v) is 4.07. The van der Waals surface area contributed by atoms with Gasteiger partial charge in [0.25, 0.3) is 5.91 Å². The summed E-state index contributed by atoms with van der Waals surface area (Å²) in [6.45, 7) is 4.08. The second kappa shape index (κ2) is 9.77. The lowest BCUT2D eigenvalue weighted by Gasteiger charge is -2.33. The Morgan fingerprint density at radius 3 is 2.51 bits per heavy atom. The van der Waals surface area contributed by atoms with E-state index in [1.165, 1.54) is 0 Å². The summed E-state index contributed by atoms with van der Waals surface area (Å²) in [7, 11) is 0. The zero-order valence-electron chi connectivity index (χ0n) is 19.0. The molecule has 5 rings (SSSR count). The second-order valence-electron chi connectivity index (χ2n) is 8.22. The zero-order chi connectivity index (χ0) is 24.4. The Kier molecular flexibility index (Phi) is 6.39. The number of benzene rings is 1. The minimum Gasteiger partial charge on any atom is -0.463 e. The molecule has 180 valence electrons. The molecule has 11 heteroatoms. The lowest BCUT2D eigenvalue weighted by molar-refractivity contribution is -0.117. The zero-order valence-corrected chi connectivity index (χ0v) is 19.7. The van der Waals surface area contributed by atoms with Crippen LogP contribution < -0.4 is 5.32 Å². The maximum absolute atomic E-state index is 13.3. The van der Waals surface area contributed by atoms with Gasteiger partial charge in [-0.05, 0) is 43.3 Å². The Bertz CT molecular complexity index is 1320. The van der Waals surface area contributed by atoms with Gasteiger partial charge in [0.05, 0.1) is 18.5 Å². The van der Waals surface area contributed by atoms with Crippen LogP contribution in [0.5, 0.6) is 0 Å². The second-order valence-corrected chi connectivity index (χ2v) is 8.66. The number of amides is 2. The predicted octanol–water partition coefficient (Wildman–Crippen LogP) is 3.48. The van der Waals surface area contributed by atoms with Gasteiger partial charge in [0.15, 0.2) is 17.3 Å². The van der Waals surface area contributed by atoms with Crippen LogP contribution in [0.3, 0.4) is 0 Å². The summed E-state index contributed by atoms with van der Waals surface area (Å²) in [6, 6.07) is 14.2. The van der Waals surface area contributed by atoms with E-state index >= 15 is 0 Å². The average molecular weight is 495 g/mol. The summed E-state index contributed by atoms with van der Waals surface area (Å²) < 4.78 is 12.2. The third-order valence-corrected chi connectivity index (χ3v) is 5.95.